The van der Waals surface area contributed by atoms with Gasteiger partial charge in [-0.05, 0) is 36.2 Å². The van der Waals surface area contributed by atoms with Gasteiger partial charge in [-0.3, -0.25) is 14.5 Å². The molecule has 0 spiro atoms. The van der Waals surface area contributed by atoms with E-state index in [1.165, 1.54) is 17.0 Å². The molecule has 0 radical (unpaired) electrons. The van der Waals surface area contributed by atoms with Gasteiger partial charge in [-0.15, -0.1) is 0 Å². The fourth-order valence-electron chi connectivity index (χ4n) is 4.22. The summed E-state index contributed by atoms with van der Waals surface area (Å²) in [5, 5.41) is 0. The number of rotatable bonds is 6. The molecule has 162 valence electrons. The SMILES string of the molecule is CCCN1C(=O)C(c2ccc(F)cc2)=C(N2CCN(c3ccccc3OC)CC2)C1=O. The Hall–Kier alpha value is -3.35. The van der Waals surface area contributed by atoms with Crippen molar-refractivity contribution in [1.29, 1.82) is 0 Å². The van der Waals surface area contributed by atoms with Crippen LogP contribution in [0.1, 0.15) is 18.9 Å². The van der Waals surface area contributed by atoms with Gasteiger partial charge in [-0.1, -0.05) is 31.2 Å². The van der Waals surface area contributed by atoms with E-state index in [4.69, 9.17) is 4.74 Å². The van der Waals surface area contributed by atoms with E-state index in [0.717, 1.165) is 11.4 Å². The Labute approximate surface area is 181 Å². The summed E-state index contributed by atoms with van der Waals surface area (Å²) in [6, 6.07) is 13.6. The number of nitrogens with zero attached hydrogens (tertiary/aromatic N) is 3. The summed E-state index contributed by atoms with van der Waals surface area (Å²) < 4.78 is 18.9. The lowest BCUT2D eigenvalue weighted by atomic mass is 10.0. The first kappa shape index (κ1) is 20.9. The molecule has 31 heavy (non-hydrogen) atoms. The summed E-state index contributed by atoms with van der Waals surface area (Å²) in [5.41, 5.74) is 2.37. The van der Waals surface area contributed by atoms with Crippen LogP contribution in [0, 0.1) is 5.82 Å². The second kappa shape index (κ2) is 8.79. The number of hydrogen-bond acceptors (Lipinski definition) is 5. The van der Waals surface area contributed by atoms with Crippen LogP contribution in [0.3, 0.4) is 0 Å². The molecule has 4 rings (SSSR count). The number of para-hydroxylation sites is 2. The van der Waals surface area contributed by atoms with Crippen LogP contribution < -0.4 is 9.64 Å². The molecular formula is C24H26FN3O3. The van der Waals surface area contributed by atoms with E-state index in [-0.39, 0.29) is 17.6 Å². The minimum Gasteiger partial charge on any atom is -0.495 e. The van der Waals surface area contributed by atoms with Gasteiger partial charge in [0.05, 0.1) is 18.4 Å². The van der Waals surface area contributed by atoms with E-state index in [2.05, 4.69) is 4.90 Å². The molecule has 7 heteroatoms. The summed E-state index contributed by atoms with van der Waals surface area (Å²) in [7, 11) is 1.65. The first-order valence-corrected chi connectivity index (χ1v) is 10.5. The molecule has 0 saturated carbocycles. The van der Waals surface area contributed by atoms with Crippen molar-refractivity contribution in [2.45, 2.75) is 13.3 Å². The zero-order chi connectivity index (χ0) is 22.0. The molecule has 0 N–H and O–H groups in total. The highest BCUT2D eigenvalue weighted by atomic mass is 19.1. The van der Waals surface area contributed by atoms with Gasteiger partial charge < -0.3 is 14.5 Å². The van der Waals surface area contributed by atoms with E-state index in [1.54, 1.807) is 19.2 Å². The third-order valence-corrected chi connectivity index (χ3v) is 5.75. The van der Waals surface area contributed by atoms with Crippen molar-refractivity contribution in [2.24, 2.45) is 0 Å². The number of carbonyl (C=O) groups is 2. The summed E-state index contributed by atoms with van der Waals surface area (Å²) in [4.78, 5) is 31.8. The molecule has 1 saturated heterocycles. The quantitative estimate of drug-likeness (QED) is 0.669. The van der Waals surface area contributed by atoms with Crippen molar-refractivity contribution in [3.63, 3.8) is 0 Å². The molecule has 1 fully saturated rings. The molecule has 2 aliphatic heterocycles. The number of anilines is 1. The number of amides is 2. The van der Waals surface area contributed by atoms with Crippen LogP contribution in [0.15, 0.2) is 54.2 Å². The zero-order valence-corrected chi connectivity index (χ0v) is 17.8. The summed E-state index contributed by atoms with van der Waals surface area (Å²) in [6.45, 7) is 4.87. The second-order valence-electron chi connectivity index (χ2n) is 7.64. The third kappa shape index (κ3) is 3.87. The summed E-state index contributed by atoms with van der Waals surface area (Å²) in [5.74, 6) is -0.139. The molecule has 2 aliphatic rings. The molecular weight excluding hydrogens is 397 g/mol. The van der Waals surface area contributed by atoms with Crippen LogP contribution in [0.4, 0.5) is 10.1 Å². The Balaban J connectivity index is 1.63. The van der Waals surface area contributed by atoms with Gasteiger partial charge in [-0.25, -0.2) is 4.39 Å². The lowest BCUT2D eigenvalue weighted by Gasteiger charge is -2.38. The second-order valence-corrected chi connectivity index (χ2v) is 7.64. The molecule has 2 heterocycles. The smallest absolute Gasteiger partial charge is 0.277 e. The van der Waals surface area contributed by atoms with Crippen LogP contribution in [-0.2, 0) is 9.59 Å². The largest absolute Gasteiger partial charge is 0.495 e. The Morgan fingerprint density at radius 1 is 0.903 bits per heavy atom. The summed E-state index contributed by atoms with van der Waals surface area (Å²) >= 11 is 0. The Bertz CT molecular complexity index is 1010. The average Bonchev–Trinajstić information content (AvgIpc) is 3.05. The third-order valence-electron chi connectivity index (χ3n) is 5.75. The molecule has 2 aromatic rings. The van der Waals surface area contributed by atoms with E-state index < -0.39 is 0 Å². The number of halogens is 1. The summed E-state index contributed by atoms with van der Waals surface area (Å²) in [6.07, 6.45) is 0.684. The van der Waals surface area contributed by atoms with Gasteiger partial charge in [0, 0.05) is 32.7 Å². The lowest BCUT2D eigenvalue weighted by Crippen LogP contribution is -2.47. The fraction of sp³-hybridized carbons (Fsp3) is 0.333. The van der Waals surface area contributed by atoms with E-state index in [9.17, 15) is 14.0 Å². The molecule has 0 bridgehead atoms. The number of piperazine rings is 1. The highest BCUT2D eigenvalue weighted by Gasteiger charge is 2.41. The normalized spacial score (nSPS) is 17.1. The van der Waals surface area contributed by atoms with E-state index in [0.29, 0.717) is 56.0 Å². The number of ether oxygens (including phenoxy) is 1. The topological polar surface area (TPSA) is 53.1 Å². The molecule has 0 atom stereocenters. The van der Waals surface area contributed by atoms with Crippen LogP contribution in [0.2, 0.25) is 0 Å². The molecule has 6 nitrogen and oxygen atoms in total. The van der Waals surface area contributed by atoms with Crippen molar-refractivity contribution in [3.8, 4) is 5.75 Å². The molecule has 0 aromatic heterocycles. The van der Waals surface area contributed by atoms with Gasteiger partial charge >= 0.3 is 0 Å². The number of carbonyl (C=O) groups excluding carboxylic acids is 2. The number of hydrogen-bond donors (Lipinski definition) is 0. The maximum Gasteiger partial charge on any atom is 0.277 e. The van der Waals surface area contributed by atoms with Gasteiger partial charge in [0.2, 0.25) is 0 Å². The number of imide groups is 1. The van der Waals surface area contributed by atoms with Gasteiger partial charge in [0.15, 0.2) is 0 Å². The average molecular weight is 423 g/mol. The minimum absolute atomic E-state index is 0.267. The van der Waals surface area contributed by atoms with E-state index >= 15 is 0 Å². The fourth-order valence-corrected chi connectivity index (χ4v) is 4.22. The van der Waals surface area contributed by atoms with Crippen molar-refractivity contribution >= 4 is 23.1 Å². The first-order chi connectivity index (χ1) is 15.0. The van der Waals surface area contributed by atoms with E-state index in [1.807, 2.05) is 36.1 Å². The predicted octanol–water partition coefficient (Wildman–Crippen LogP) is 3.15. The van der Waals surface area contributed by atoms with Gasteiger partial charge in [0.25, 0.3) is 11.8 Å². The standard InChI is InChI=1S/C24H26FN3O3/c1-3-12-28-23(29)21(17-8-10-18(25)11-9-17)22(24(28)30)27-15-13-26(14-16-27)19-6-4-5-7-20(19)31-2/h4-11H,3,12-16H2,1-2H3. The number of methoxy groups -OCH3 is 1. The monoisotopic (exact) mass is 423 g/mol. The van der Waals surface area contributed by atoms with Crippen LogP contribution in [-0.4, -0.2) is 61.4 Å². The Morgan fingerprint density at radius 2 is 1.55 bits per heavy atom. The van der Waals surface area contributed by atoms with Crippen LogP contribution in [0.25, 0.3) is 5.57 Å². The highest BCUT2D eigenvalue weighted by molar-refractivity contribution is 6.35. The van der Waals surface area contributed by atoms with Gasteiger partial charge in [0.1, 0.15) is 17.3 Å². The lowest BCUT2D eigenvalue weighted by molar-refractivity contribution is -0.137. The van der Waals surface area contributed by atoms with Crippen LogP contribution >= 0.6 is 0 Å². The molecule has 0 unspecified atom stereocenters. The van der Waals surface area contributed by atoms with Crippen molar-refractivity contribution in [1.82, 2.24) is 9.80 Å². The molecule has 0 aliphatic carbocycles. The maximum absolute atomic E-state index is 13.5. The Morgan fingerprint density at radius 3 is 2.19 bits per heavy atom. The van der Waals surface area contributed by atoms with Gasteiger partial charge in [-0.2, -0.15) is 0 Å². The Kier molecular flexibility index (Phi) is 5.93. The molecule has 2 amide bonds. The highest BCUT2D eigenvalue weighted by Crippen LogP contribution is 2.34. The maximum atomic E-state index is 13.5. The molecule has 2 aromatic carbocycles. The first-order valence-electron chi connectivity index (χ1n) is 10.5. The minimum atomic E-state index is -0.376. The van der Waals surface area contributed by atoms with Crippen LogP contribution in [0.5, 0.6) is 5.75 Å². The zero-order valence-electron chi connectivity index (χ0n) is 17.8. The van der Waals surface area contributed by atoms with Crippen molar-refractivity contribution in [2.75, 3.05) is 44.7 Å². The van der Waals surface area contributed by atoms with Crippen molar-refractivity contribution < 1.29 is 18.7 Å². The predicted molar refractivity (Wildman–Crippen MR) is 117 cm³/mol. The van der Waals surface area contributed by atoms with Crippen molar-refractivity contribution in [3.05, 3.63) is 65.6 Å². The number of benzene rings is 2.